The van der Waals surface area contributed by atoms with Gasteiger partial charge < -0.3 is 5.73 Å². The van der Waals surface area contributed by atoms with Gasteiger partial charge in [-0.1, -0.05) is 23.8 Å². The Balaban J connectivity index is 2.30. The zero-order chi connectivity index (χ0) is 11.1. The van der Waals surface area contributed by atoms with Crippen molar-refractivity contribution in [2.75, 3.05) is 5.75 Å². The minimum atomic E-state index is 0.273. The molecule has 1 aromatic rings. The number of thioether (sulfide) groups is 1. The lowest BCUT2D eigenvalue weighted by atomic mass is 10.2. The zero-order valence-electron chi connectivity index (χ0n) is 9.28. The van der Waals surface area contributed by atoms with Crippen LogP contribution in [0, 0.1) is 6.92 Å². The van der Waals surface area contributed by atoms with Crippen LogP contribution in [0.25, 0.3) is 0 Å². The summed E-state index contributed by atoms with van der Waals surface area (Å²) >= 11 is 1.83. The molecule has 15 heavy (non-hydrogen) atoms. The lowest BCUT2D eigenvalue weighted by molar-refractivity contribution is 0.685. The Labute approximate surface area is 96.8 Å². The van der Waals surface area contributed by atoms with Crippen LogP contribution in [0.3, 0.4) is 0 Å². The number of nitrogens with two attached hydrogens (primary N) is 1. The third-order valence-electron chi connectivity index (χ3n) is 2.23. The molecule has 82 valence electrons. The summed E-state index contributed by atoms with van der Waals surface area (Å²) in [6.45, 7) is 5.80. The van der Waals surface area contributed by atoms with E-state index in [1.807, 2.05) is 17.8 Å². The highest BCUT2D eigenvalue weighted by atomic mass is 32.2. The molecule has 0 aliphatic carbocycles. The van der Waals surface area contributed by atoms with Crippen molar-refractivity contribution in [3.05, 3.63) is 42.5 Å². The second kappa shape index (κ2) is 6.70. The molecule has 0 aromatic heterocycles. The molecule has 0 aliphatic heterocycles. The van der Waals surface area contributed by atoms with Gasteiger partial charge in [0.15, 0.2) is 0 Å². The van der Waals surface area contributed by atoms with Gasteiger partial charge in [-0.2, -0.15) is 0 Å². The van der Waals surface area contributed by atoms with Gasteiger partial charge in [0.05, 0.1) is 0 Å². The van der Waals surface area contributed by atoms with Crippen molar-refractivity contribution in [2.24, 2.45) is 5.73 Å². The van der Waals surface area contributed by atoms with Crippen LogP contribution in [0.1, 0.15) is 18.4 Å². The van der Waals surface area contributed by atoms with Gasteiger partial charge in [0.25, 0.3) is 0 Å². The van der Waals surface area contributed by atoms with Crippen molar-refractivity contribution in [3.63, 3.8) is 0 Å². The monoisotopic (exact) mass is 221 g/mol. The van der Waals surface area contributed by atoms with E-state index in [9.17, 15) is 0 Å². The Morgan fingerprint density at radius 2 is 2.07 bits per heavy atom. The number of hydrogen-bond acceptors (Lipinski definition) is 2. The molecule has 0 spiro atoms. The highest BCUT2D eigenvalue weighted by Gasteiger charge is 2.02. The summed E-state index contributed by atoms with van der Waals surface area (Å²) in [5.74, 6) is 0.983. The molecule has 0 saturated heterocycles. The van der Waals surface area contributed by atoms with E-state index in [2.05, 4.69) is 37.8 Å². The molecule has 1 nitrogen and oxygen atoms in total. The number of benzene rings is 1. The number of hydrogen-bond donors (Lipinski definition) is 1. The van der Waals surface area contributed by atoms with E-state index < -0.39 is 0 Å². The van der Waals surface area contributed by atoms with E-state index in [0.717, 1.165) is 18.6 Å². The molecule has 0 aliphatic rings. The van der Waals surface area contributed by atoms with Gasteiger partial charge in [-0.05, 0) is 31.9 Å². The van der Waals surface area contributed by atoms with Crippen LogP contribution in [0.15, 0.2) is 41.8 Å². The third kappa shape index (κ3) is 5.05. The van der Waals surface area contributed by atoms with Gasteiger partial charge in [-0.15, -0.1) is 18.3 Å². The maximum absolute atomic E-state index is 5.97. The van der Waals surface area contributed by atoms with Crippen LogP contribution >= 0.6 is 11.8 Å². The van der Waals surface area contributed by atoms with Crippen LogP contribution in [-0.4, -0.2) is 11.8 Å². The molecular weight excluding hydrogens is 202 g/mol. The summed E-state index contributed by atoms with van der Waals surface area (Å²) in [6.07, 6.45) is 3.97. The fourth-order valence-electron chi connectivity index (χ4n) is 1.25. The van der Waals surface area contributed by atoms with Crippen molar-refractivity contribution in [2.45, 2.75) is 30.7 Å². The summed E-state index contributed by atoms with van der Waals surface area (Å²) < 4.78 is 0. The van der Waals surface area contributed by atoms with Crippen molar-refractivity contribution in [1.29, 1.82) is 0 Å². The average Bonchev–Trinajstić information content (AvgIpc) is 2.25. The Kier molecular flexibility index (Phi) is 5.51. The van der Waals surface area contributed by atoms with Crippen LogP contribution in [0.5, 0.6) is 0 Å². The Morgan fingerprint density at radius 1 is 1.40 bits per heavy atom. The van der Waals surface area contributed by atoms with Gasteiger partial charge in [-0.3, -0.25) is 0 Å². The molecule has 0 saturated carbocycles. The van der Waals surface area contributed by atoms with E-state index in [1.165, 1.54) is 10.5 Å². The Bertz CT molecular complexity index is 292. The summed E-state index contributed by atoms with van der Waals surface area (Å²) in [7, 11) is 0. The lowest BCUT2D eigenvalue weighted by Gasteiger charge is -2.09. The van der Waals surface area contributed by atoms with Crippen molar-refractivity contribution >= 4 is 11.8 Å². The minimum absolute atomic E-state index is 0.273. The molecule has 0 radical (unpaired) electrons. The summed E-state index contributed by atoms with van der Waals surface area (Å²) in [4.78, 5) is 1.30. The molecule has 2 N–H and O–H groups in total. The predicted octanol–water partition coefficient (Wildman–Crippen LogP) is 3.38. The zero-order valence-corrected chi connectivity index (χ0v) is 10.1. The third-order valence-corrected chi connectivity index (χ3v) is 3.43. The van der Waals surface area contributed by atoms with Gasteiger partial charge in [0, 0.05) is 16.7 Å². The van der Waals surface area contributed by atoms with Gasteiger partial charge >= 0.3 is 0 Å². The molecule has 2 heteroatoms. The molecule has 0 heterocycles. The number of allylic oxidation sites excluding steroid dienone is 1. The number of aryl methyl sites for hydroxylation is 1. The molecule has 0 fully saturated rings. The first-order valence-electron chi connectivity index (χ1n) is 5.28. The normalized spacial score (nSPS) is 12.4. The minimum Gasteiger partial charge on any atom is -0.327 e. The molecule has 1 atom stereocenters. The fraction of sp³-hybridized carbons (Fsp3) is 0.385. The molecule has 0 bridgehead atoms. The van der Waals surface area contributed by atoms with Crippen LogP contribution < -0.4 is 5.73 Å². The first kappa shape index (κ1) is 12.3. The fourth-order valence-corrected chi connectivity index (χ4v) is 2.15. The largest absolute Gasteiger partial charge is 0.327 e. The second-order valence-corrected chi connectivity index (χ2v) is 4.84. The van der Waals surface area contributed by atoms with E-state index >= 15 is 0 Å². The Morgan fingerprint density at radius 3 is 2.67 bits per heavy atom. The van der Waals surface area contributed by atoms with Crippen LogP contribution in [-0.2, 0) is 0 Å². The number of rotatable bonds is 6. The van der Waals surface area contributed by atoms with E-state index in [0.29, 0.717) is 0 Å². The van der Waals surface area contributed by atoms with E-state index in [1.54, 1.807) is 0 Å². The topological polar surface area (TPSA) is 26.0 Å². The highest BCUT2D eigenvalue weighted by Crippen LogP contribution is 2.19. The van der Waals surface area contributed by atoms with Crippen molar-refractivity contribution < 1.29 is 0 Å². The standard InChI is InChI=1S/C13H19NS/c1-3-4-5-12(14)10-15-13-8-6-11(2)7-9-13/h3,6-9,12H,1,4-5,10,14H2,2H3. The van der Waals surface area contributed by atoms with Gasteiger partial charge in [-0.25, -0.2) is 0 Å². The predicted molar refractivity (Wildman–Crippen MR) is 69.3 cm³/mol. The SMILES string of the molecule is C=CCCC(N)CSc1ccc(C)cc1. The smallest absolute Gasteiger partial charge is 0.0136 e. The molecule has 0 amide bonds. The van der Waals surface area contributed by atoms with Crippen LogP contribution in [0.4, 0.5) is 0 Å². The molecular formula is C13H19NS. The summed E-state index contributed by atoms with van der Waals surface area (Å²) in [5.41, 5.74) is 7.27. The average molecular weight is 221 g/mol. The summed E-state index contributed by atoms with van der Waals surface area (Å²) in [5, 5.41) is 0. The highest BCUT2D eigenvalue weighted by molar-refractivity contribution is 7.99. The maximum atomic E-state index is 5.97. The molecule has 1 aromatic carbocycles. The van der Waals surface area contributed by atoms with E-state index in [-0.39, 0.29) is 6.04 Å². The van der Waals surface area contributed by atoms with Crippen molar-refractivity contribution in [3.8, 4) is 0 Å². The van der Waals surface area contributed by atoms with Crippen molar-refractivity contribution in [1.82, 2.24) is 0 Å². The van der Waals surface area contributed by atoms with Gasteiger partial charge in [0.1, 0.15) is 0 Å². The second-order valence-electron chi connectivity index (χ2n) is 3.75. The molecule has 1 rings (SSSR count). The first-order chi connectivity index (χ1) is 7.22. The van der Waals surface area contributed by atoms with E-state index in [4.69, 9.17) is 5.73 Å². The Hall–Kier alpha value is -0.730. The quantitative estimate of drug-likeness (QED) is 0.588. The van der Waals surface area contributed by atoms with Crippen LogP contribution in [0.2, 0.25) is 0 Å². The summed E-state index contributed by atoms with van der Waals surface area (Å²) in [6, 6.07) is 8.85. The maximum Gasteiger partial charge on any atom is 0.0136 e. The molecule has 1 unspecified atom stereocenters. The van der Waals surface area contributed by atoms with Gasteiger partial charge in [0.2, 0.25) is 0 Å². The lowest BCUT2D eigenvalue weighted by Crippen LogP contribution is -2.22. The first-order valence-corrected chi connectivity index (χ1v) is 6.27.